The zero-order valence-electron chi connectivity index (χ0n) is 9.35. The second kappa shape index (κ2) is 6.85. The maximum absolute atomic E-state index is 11.4. The van der Waals surface area contributed by atoms with Gasteiger partial charge in [0.2, 0.25) is 5.91 Å². The van der Waals surface area contributed by atoms with Crippen LogP contribution in [0.3, 0.4) is 0 Å². The van der Waals surface area contributed by atoms with Gasteiger partial charge in [-0.3, -0.25) is 4.79 Å². The molecule has 0 aliphatic heterocycles. The molecule has 1 atom stereocenters. The first kappa shape index (κ1) is 12.5. The fourth-order valence-electron chi connectivity index (χ4n) is 1.30. The lowest BCUT2D eigenvalue weighted by Crippen LogP contribution is -2.31. The lowest BCUT2D eigenvalue weighted by Gasteiger charge is -2.10. The Balaban J connectivity index is 2.30. The van der Waals surface area contributed by atoms with E-state index in [2.05, 4.69) is 5.32 Å². The van der Waals surface area contributed by atoms with Crippen molar-refractivity contribution in [3.05, 3.63) is 30.2 Å². The Labute approximate surface area is 95.0 Å². The van der Waals surface area contributed by atoms with Crippen LogP contribution in [0, 0.1) is 0 Å². The lowest BCUT2D eigenvalue weighted by molar-refractivity contribution is -0.117. The van der Waals surface area contributed by atoms with Crippen molar-refractivity contribution in [2.75, 3.05) is 6.61 Å². The summed E-state index contributed by atoms with van der Waals surface area (Å²) in [7, 11) is 0. The molecule has 1 amide bonds. The molecule has 88 valence electrons. The Morgan fingerprint density at radius 2 is 2.50 bits per heavy atom. The molecule has 2 N–H and O–H groups in total. The van der Waals surface area contributed by atoms with Crippen molar-refractivity contribution in [2.24, 2.45) is 0 Å². The molecule has 1 aromatic rings. The summed E-state index contributed by atoms with van der Waals surface area (Å²) in [6, 6.07) is 3.61. The summed E-state index contributed by atoms with van der Waals surface area (Å²) in [5, 5.41) is 11.4. The van der Waals surface area contributed by atoms with Crippen molar-refractivity contribution in [3.63, 3.8) is 0 Å². The van der Waals surface area contributed by atoms with Gasteiger partial charge >= 0.3 is 0 Å². The van der Waals surface area contributed by atoms with Gasteiger partial charge in [-0.05, 0) is 38.0 Å². The molecule has 1 rings (SSSR count). The van der Waals surface area contributed by atoms with Gasteiger partial charge in [-0.1, -0.05) is 0 Å². The smallest absolute Gasteiger partial charge is 0.244 e. The summed E-state index contributed by atoms with van der Waals surface area (Å²) >= 11 is 0. The van der Waals surface area contributed by atoms with Crippen molar-refractivity contribution in [2.45, 2.75) is 25.8 Å². The zero-order chi connectivity index (χ0) is 11.8. The van der Waals surface area contributed by atoms with Crippen molar-refractivity contribution >= 4 is 12.0 Å². The average molecular weight is 223 g/mol. The minimum Gasteiger partial charge on any atom is -0.465 e. The Bertz CT molecular complexity index is 330. The van der Waals surface area contributed by atoms with E-state index in [-0.39, 0.29) is 18.6 Å². The molecule has 0 saturated heterocycles. The van der Waals surface area contributed by atoms with Gasteiger partial charge < -0.3 is 14.8 Å². The topological polar surface area (TPSA) is 62.5 Å². The maximum Gasteiger partial charge on any atom is 0.244 e. The van der Waals surface area contributed by atoms with Crippen LogP contribution in [0.15, 0.2) is 28.9 Å². The van der Waals surface area contributed by atoms with E-state index in [1.165, 1.54) is 6.08 Å². The van der Waals surface area contributed by atoms with E-state index in [9.17, 15) is 4.79 Å². The van der Waals surface area contributed by atoms with Crippen LogP contribution in [0.2, 0.25) is 0 Å². The summed E-state index contributed by atoms with van der Waals surface area (Å²) in [6.45, 7) is 2.07. The molecule has 16 heavy (non-hydrogen) atoms. The molecule has 0 fully saturated rings. The number of rotatable bonds is 6. The second-order valence-electron chi connectivity index (χ2n) is 3.62. The Kier molecular flexibility index (Phi) is 5.36. The highest BCUT2D eigenvalue weighted by Crippen LogP contribution is 2.02. The molecule has 0 aromatic carbocycles. The Morgan fingerprint density at radius 1 is 1.69 bits per heavy atom. The molecular formula is C12H17NO3. The lowest BCUT2D eigenvalue weighted by atomic mass is 10.2. The van der Waals surface area contributed by atoms with Crippen molar-refractivity contribution in [3.8, 4) is 0 Å². The minimum absolute atomic E-state index is 0.0703. The molecule has 4 nitrogen and oxygen atoms in total. The second-order valence-corrected chi connectivity index (χ2v) is 3.62. The van der Waals surface area contributed by atoms with Gasteiger partial charge in [-0.15, -0.1) is 0 Å². The van der Waals surface area contributed by atoms with Gasteiger partial charge in [0.1, 0.15) is 5.76 Å². The average Bonchev–Trinajstić information content (AvgIpc) is 2.76. The third-order valence-corrected chi connectivity index (χ3v) is 2.13. The molecule has 4 heteroatoms. The van der Waals surface area contributed by atoms with Crippen LogP contribution in [-0.2, 0) is 4.79 Å². The number of hydrogen-bond donors (Lipinski definition) is 2. The quantitative estimate of drug-likeness (QED) is 0.719. The molecule has 0 bridgehead atoms. The Morgan fingerprint density at radius 3 is 3.12 bits per heavy atom. The fraction of sp³-hybridized carbons (Fsp3) is 0.417. The number of carbonyl (C=O) groups is 1. The number of furan rings is 1. The van der Waals surface area contributed by atoms with Crippen LogP contribution in [-0.4, -0.2) is 23.7 Å². The summed E-state index contributed by atoms with van der Waals surface area (Å²) in [5.41, 5.74) is 0. The van der Waals surface area contributed by atoms with Gasteiger partial charge in [0.15, 0.2) is 0 Å². The predicted octanol–water partition coefficient (Wildman–Crippen LogP) is 1.57. The van der Waals surface area contributed by atoms with E-state index in [0.717, 1.165) is 6.42 Å². The van der Waals surface area contributed by atoms with E-state index < -0.39 is 0 Å². The summed E-state index contributed by atoms with van der Waals surface area (Å²) < 4.78 is 5.05. The third-order valence-electron chi connectivity index (χ3n) is 2.13. The van der Waals surface area contributed by atoms with E-state index in [1.54, 1.807) is 24.5 Å². The van der Waals surface area contributed by atoms with E-state index in [1.807, 2.05) is 6.92 Å². The molecule has 0 spiro atoms. The molecule has 1 heterocycles. The van der Waals surface area contributed by atoms with E-state index in [0.29, 0.717) is 12.2 Å². The highest BCUT2D eigenvalue weighted by atomic mass is 16.3. The fourth-order valence-corrected chi connectivity index (χ4v) is 1.30. The van der Waals surface area contributed by atoms with E-state index in [4.69, 9.17) is 9.52 Å². The maximum atomic E-state index is 11.4. The minimum atomic E-state index is -0.151. The number of hydrogen-bond acceptors (Lipinski definition) is 3. The summed E-state index contributed by atoms with van der Waals surface area (Å²) in [5.74, 6) is 0.500. The number of nitrogens with one attached hydrogen (secondary N) is 1. The standard InChI is InChI=1S/C12H17NO3/c1-10(4-2-8-14)13-12(15)7-6-11-5-3-9-16-11/h3,5-7,9-10,14H,2,4,8H2,1H3,(H,13,15)/b7-6+. The van der Waals surface area contributed by atoms with Gasteiger partial charge in [0.25, 0.3) is 0 Å². The number of carbonyl (C=O) groups excluding carboxylic acids is 1. The van der Waals surface area contributed by atoms with Gasteiger partial charge in [-0.2, -0.15) is 0 Å². The molecule has 1 aromatic heterocycles. The van der Waals surface area contributed by atoms with Crippen LogP contribution < -0.4 is 5.32 Å². The van der Waals surface area contributed by atoms with Crippen LogP contribution >= 0.6 is 0 Å². The molecular weight excluding hydrogens is 206 g/mol. The highest BCUT2D eigenvalue weighted by molar-refractivity contribution is 5.91. The highest BCUT2D eigenvalue weighted by Gasteiger charge is 2.03. The van der Waals surface area contributed by atoms with Gasteiger partial charge in [-0.25, -0.2) is 0 Å². The first-order valence-electron chi connectivity index (χ1n) is 5.35. The number of amides is 1. The van der Waals surface area contributed by atoms with Crippen molar-refractivity contribution in [1.82, 2.24) is 5.32 Å². The summed E-state index contributed by atoms with van der Waals surface area (Å²) in [6.07, 6.45) is 6.09. The Hall–Kier alpha value is -1.55. The first-order valence-corrected chi connectivity index (χ1v) is 5.35. The van der Waals surface area contributed by atoms with Crippen LogP contribution in [0.25, 0.3) is 6.08 Å². The molecule has 0 aliphatic rings. The first-order chi connectivity index (χ1) is 7.72. The van der Waals surface area contributed by atoms with E-state index >= 15 is 0 Å². The van der Waals surface area contributed by atoms with Crippen LogP contribution in [0.1, 0.15) is 25.5 Å². The van der Waals surface area contributed by atoms with Crippen molar-refractivity contribution < 1.29 is 14.3 Å². The van der Waals surface area contributed by atoms with Crippen LogP contribution in [0.4, 0.5) is 0 Å². The van der Waals surface area contributed by atoms with Crippen molar-refractivity contribution in [1.29, 1.82) is 0 Å². The molecule has 1 unspecified atom stereocenters. The molecule has 0 radical (unpaired) electrons. The third kappa shape index (κ3) is 4.79. The number of aliphatic hydroxyl groups excluding tert-OH is 1. The van der Waals surface area contributed by atoms with Gasteiger partial charge in [0.05, 0.1) is 6.26 Å². The monoisotopic (exact) mass is 223 g/mol. The molecule has 0 aliphatic carbocycles. The van der Waals surface area contributed by atoms with Gasteiger partial charge in [0, 0.05) is 18.7 Å². The SMILES string of the molecule is CC(CCCO)NC(=O)/C=C/c1ccco1. The number of aliphatic hydroxyl groups is 1. The largest absolute Gasteiger partial charge is 0.465 e. The normalized spacial score (nSPS) is 12.9. The molecule has 0 saturated carbocycles. The predicted molar refractivity (Wildman–Crippen MR) is 61.7 cm³/mol. The van der Waals surface area contributed by atoms with Crippen LogP contribution in [0.5, 0.6) is 0 Å². The summed E-state index contributed by atoms with van der Waals surface area (Å²) in [4.78, 5) is 11.4. The zero-order valence-corrected chi connectivity index (χ0v) is 9.35.